The molecular weight excluding hydrogens is 356 g/mol. The maximum absolute atomic E-state index is 12.6. The summed E-state index contributed by atoms with van der Waals surface area (Å²) in [4.78, 5) is 25.1. The lowest BCUT2D eigenvalue weighted by Crippen LogP contribution is -2.52. The summed E-state index contributed by atoms with van der Waals surface area (Å²) in [6.45, 7) is 2.24. The van der Waals surface area contributed by atoms with Gasteiger partial charge >= 0.3 is 5.97 Å². The Morgan fingerprint density at radius 1 is 1.31 bits per heavy atom. The first kappa shape index (κ1) is 17.3. The number of carbonyl (C=O) groups excluding carboxylic acids is 1. The number of carbonyl (C=O) groups is 1. The Morgan fingerprint density at radius 3 is 2.77 bits per heavy atom. The molecule has 8 heteroatoms. The van der Waals surface area contributed by atoms with Gasteiger partial charge in [-0.1, -0.05) is 0 Å². The highest BCUT2D eigenvalue weighted by atomic mass is 35.5. The third kappa shape index (κ3) is 3.28. The fourth-order valence-corrected chi connectivity index (χ4v) is 4.54. The molecule has 0 amide bonds. The Balaban J connectivity index is 1.61. The van der Waals surface area contributed by atoms with Gasteiger partial charge in [0, 0.05) is 12.1 Å². The van der Waals surface area contributed by atoms with E-state index in [0.717, 1.165) is 25.7 Å². The van der Waals surface area contributed by atoms with E-state index in [-0.39, 0.29) is 23.2 Å². The Hall–Kier alpha value is -2.15. The molecule has 1 N–H and O–H groups in total. The van der Waals surface area contributed by atoms with E-state index in [1.165, 1.54) is 6.26 Å². The van der Waals surface area contributed by atoms with E-state index in [4.69, 9.17) is 20.8 Å². The minimum atomic E-state index is -0.152. The molecule has 0 aromatic carbocycles. The van der Waals surface area contributed by atoms with Gasteiger partial charge in [0.25, 0.3) is 0 Å². The first-order chi connectivity index (χ1) is 12.7. The summed E-state index contributed by atoms with van der Waals surface area (Å²) < 4.78 is 10.6. The summed E-state index contributed by atoms with van der Waals surface area (Å²) in [6, 6.07) is 1.74. The van der Waals surface area contributed by atoms with Crippen molar-refractivity contribution >= 4 is 23.4 Å². The number of rotatable bonds is 5. The summed E-state index contributed by atoms with van der Waals surface area (Å²) in [5, 5.41) is 3.55. The molecule has 7 nitrogen and oxygen atoms in total. The Morgan fingerprint density at radius 2 is 2.08 bits per heavy atom. The van der Waals surface area contributed by atoms with Gasteiger partial charge in [-0.25, -0.2) is 15.0 Å². The molecule has 0 spiro atoms. The highest BCUT2D eigenvalue weighted by molar-refractivity contribution is 6.28. The van der Waals surface area contributed by atoms with Crippen LogP contribution in [0.3, 0.4) is 0 Å². The molecule has 0 radical (unpaired) electrons. The van der Waals surface area contributed by atoms with Crippen LogP contribution < -0.4 is 5.32 Å². The predicted molar refractivity (Wildman–Crippen MR) is 95.5 cm³/mol. The molecular formula is C18H21ClN4O3. The van der Waals surface area contributed by atoms with E-state index in [9.17, 15) is 4.79 Å². The summed E-state index contributed by atoms with van der Waals surface area (Å²) in [6.07, 6.45) is 7.43. The second kappa shape index (κ2) is 7.23. The van der Waals surface area contributed by atoms with Gasteiger partial charge < -0.3 is 14.5 Å². The van der Waals surface area contributed by atoms with Gasteiger partial charge in [0.2, 0.25) is 11.2 Å². The van der Waals surface area contributed by atoms with Crippen molar-refractivity contribution in [2.75, 3.05) is 11.9 Å². The van der Waals surface area contributed by atoms with E-state index >= 15 is 0 Å². The van der Waals surface area contributed by atoms with Crippen molar-refractivity contribution in [3.63, 3.8) is 0 Å². The van der Waals surface area contributed by atoms with Crippen molar-refractivity contribution in [2.45, 2.75) is 38.6 Å². The van der Waals surface area contributed by atoms with Crippen molar-refractivity contribution in [1.29, 1.82) is 0 Å². The maximum Gasteiger partial charge on any atom is 0.311 e. The van der Waals surface area contributed by atoms with Crippen LogP contribution in [0.5, 0.6) is 0 Å². The van der Waals surface area contributed by atoms with Gasteiger partial charge in [-0.2, -0.15) is 0 Å². The van der Waals surface area contributed by atoms with Crippen LogP contribution in [-0.2, 0) is 9.53 Å². The second-order valence-electron chi connectivity index (χ2n) is 6.87. The number of anilines is 1. The van der Waals surface area contributed by atoms with Crippen LogP contribution in [0.1, 0.15) is 32.6 Å². The highest BCUT2D eigenvalue weighted by Crippen LogP contribution is 2.46. The fourth-order valence-electron chi connectivity index (χ4n) is 4.36. The molecule has 26 heavy (non-hydrogen) atoms. The van der Waals surface area contributed by atoms with Crippen molar-refractivity contribution in [1.82, 2.24) is 15.0 Å². The number of ether oxygens (including phenoxy) is 1. The van der Waals surface area contributed by atoms with Crippen molar-refractivity contribution in [2.24, 2.45) is 17.8 Å². The Kier molecular flexibility index (Phi) is 4.80. The normalized spacial score (nSPS) is 27.3. The molecule has 3 saturated carbocycles. The van der Waals surface area contributed by atoms with Crippen LogP contribution in [-0.4, -0.2) is 33.6 Å². The number of esters is 1. The molecule has 2 bridgehead atoms. The van der Waals surface area contributed by atoms with E-state index in [2.05, 4.69) is 20.3 Å². The number of oxazole rings is 1. The number of hydrogen-bond acceptors (Lipinski definition) is 7. The molecule has 3 fully saturated rings. The number of nitrogens with one attached hydrogen (secondary N) is 1. The minimum absolute atomic E-state index is 0.00933. The molecule has 5 rings (SSSR count). The maximum atomic E-state index is 12.6. The van der Waals surface area contributed by atoms with Crippen molar-refractivity contribution in [3.8, 4) is 11.6 Å². The first-order valence-corrected chi connectivity index (χ1v) is 9.41. The lowest BCUT2D eigenvalue weighted by molar-refractivity contribution is -0.154. The quantitative estimate of drug-likeness (QED) is 0.630. The Labute approximate surface area is 156 Å². The van der Waals surface area contributed by atoms with Crippen LogP contribution in [0.25, 0.3) is 11.6 Å². The molecule has 2 aromatic heterocycles. The molecule has 2 atom stereocenters. The summed E-state index contributed by atoms with van der Waals surface area (Å²) >= 11 is 6.09. The van der Waals surface area contributed by atoms with Crippen molar-refractivity contribution < 1.29 is 13.9 Å². The molecule has 3 aliphatic rings. The average Bonchev–Trinajstić information content (AvgIpc) is 3.17. The molecule has 2 heterocycles. The zero-order valence-corrected chi connectivity index (χ0v) is 15.3. The summed E-state index contributed by atoms with van der Waals surface area (Å²) in [7, 11) is 0. The number of nitrogens with zero attached hydrogens (tertiary/aromatic N) is 3. The van der Waals surface area contributed by atoms with Crippen LogP contribution in [0.2, 0.25) is 5.28 Å². The van der Waals surface area contributed by atoms with E-state index in [1.807, 2.05) is 6.92 Å². The summed E-state index contributed by atoms with van der Waals surface area (Å²) in [5.74, 6) is 1.47. The lowest BCUT2D eigenvalue weighted by Gasteiger charge is -2.47. The second-order valence-corrected chi connectivity index (χ2v) is 7.21. The predicted octanol–water partition coefficient (Wildman–Crippen LogP) is 3.56. The smallest absolute Gasteiger partial charge is 0.311 e. The molecule has 138 valence electrons. The zero-order chi connectivity index (χ0) is 18.1. The highest BCUT2D eigenvalue weighted by Gasteiger charge is 2.48. The molecule has 0 unspecified atom stereocenters. The average molecular weight is 377 g/mol. The van der Waals surface area contributed by atoms with Crippen molar-refractivity contribution in [3.05, 3.63) is 23.8 Å². The van der Waals surface area contributed by atoms with Gasteiger partial charge in [0.15, 0.2) is 0 Å². The first-order valence-electron chi connectivity index (χ1n) is 9.03. The van der Waals surface area contributed by atoms with Crippen LogP contribution in [0.4, 0.5) is 5.82 Å². The monoisotopic (exact) mass is 376 g/mol. The largest absolute Gasteiger partial charge is 0.466 e. The fraction of sp³-hybridized carbons (Fsp3) is 0.556. The van der Waals surface area contributed by atoms with Gasteiger partial charge in [-0.3, -0.25) is 4.79 Å². The number of aromatic nitrogens is 3. The SMILES string of the molecule is CCOC(=O)[C@H]1C2CCC(CC2)[C@@H]1Nc1cc(-c2ncco2)nc(Cl)n1. The molecule has 3 aliphatic carbocycles. The van der Waals surface area contributed by atoms with Crippen LogP contribution >= 0.6 is 11.6 Å². The van der Waals surface area contributed by atoms with E-state index < -0.39 is 0 Å². The molecule has 0 saturated heterocycles. The number of halogens is 1. The van der Waals surface area contributed by atoms with E-state index in [1.54, 1.807) is 12.3 Å². The standard InChI is InChI=1S/C18H21ClN4O3/c1-2-25-17(24)14-10-3-5-11(6-4-10)15(14)22-13-9-12(21-18(19)23-13)16-20-7-8-26-16/h7-11,14-15H,2-6H2,1H3,(H,21,22,23)/t10?,11?,14-,15-/m0/s1. The minimum Gasteiger partial charge on any atom is -0.466 e. The number of fused-ring (bicyclic) bond motifs is 3. The van der Waals surface area contributed by atoms with Crippen LogP contribution in [0.15, 0.2) is 22.9 Å². The Bertz CT molecular complexity index is 775. The van der Waals surface area contributed by atoms with E-state index in [0.29, 0.717) is 35.8 Å². The third-order valence-corrected chi connectivity index (χ3v) is 5.61. The number of hydrogen-bond donors (Lipinski definition) is 1. The van der Waals surface area contributed by atoms with Crippen LogP contribution in [0, 0.1) is 17.8 Å². The third-order valence-electron chi connectivity index (χ3n) is 5.44. The van der Waals surface area contributed by atoms with Gasteiger partial charge in [0.05, 0.1) is 18.7 Å². The topological polar surface area (TPSA) is 90.1 Å². The van der Waals surface area contributed by atoms with Gasteiger partial charge in [0.1, 0.15) is 17.8 Å². The molecule has 0 aliphatic heterocycles. The lowest BCUT2D eigenvalue weighted by atomic mass is 9.61. The van der Waals surface area contributed by atoms with Gasteiger partial charge in [-0.05, 0) is 56.0 Å². The zero-order valence-electron chi connectivity index (χ0n) is 14.5. The van der Waals surface area contributed by atoms with Gasteiger partial charge in [-0.15, -0.1) is 0 Å². The molecule has 2 aromatic rings. The summed E-state index contributed by atoms with van der Waals surface area (Å²) in [5.41, 5.74) is 0.506.